The lowest BCUT2D eigenvalue weighted by Crippen LogP contribution is -2.07. The van der Waals surface area contributed by atoms with Crippen LogP contribution < -0.4 is 0 Å². The van der Waals surface area contributed by atoms with E-state index in [9.17, 15) is 0 Å². The van der Waals surface area contributed by atoms with Crippen molar-refractivity contribution in [3.63, 3.8) is 0 Å². The molecule has 0 aliphatic carbocycles. The molecule has 0 amide bonds. The predicted octanol–water partition coefficient (Wildman–Crippen LogP) is 0.568. The number of rotatable bonds is 3. The Bertz CT molecular complexity index is 304. The third kappa shape index (κ3) is 2.95. The van der Waals surface area contributed by atoms with Crippen LogP contribution in [0.3, 0.4) is 0 Å². The molecular weight excluding hydrogens is 170 g/mol. The van der Waals surface area contributed by atoms with Crippen LogP contribution in [0.4, 0.5) is 0 Å². The molecule has 1 N–H and O–H groups in total. The molecule has 0 spiro atoms. The van der Waals surface area contributed by atoms with Gasteiger partial charge < -0.3 is 9.52 Å². The van der Waals surface area contributed by atoms with E-state index in [1.54, 1.807) is 20.8 Å². The molecule has 1 aromatic heterocycles. The van der Waals surface area contributed by atoms with Gasteiger partial charge in [-0.05, 0) is 13.8 Å². The highest BCUT2D eigenvalue weighted by Crippen LogP contribution is 2.00. The second kappa shape index (κ2) is 4.13. The number of hydrogen-bond donors (Lipinski definition) is 1. The smallest absolute Gasteiger partial charge is 0.261 e. The summed E-state index contributed by atoms with van der Waals surface area (Å²) in [6, 6.07) is 0. The molecule has 13 heavy (non-hydrogen) atoms. The zero-order valence-electron chi connectivity index (χ0n) is 7.98. The van der Waals surface area contributed by atoms with E-state index in [4.69, 9.17) is 9.52 Å². The SMILES string of the molecule is CC(=NC[C@H](C)O)c1nnc(C)o1. The van der Waals surface area contributed by atoms with Gasteiger partial charge in [0.05, 0.1) is 18.4 Å². The Morgan fingerprint density at radius 2 is 2.31 bits per heavy atom. The van der Waals surface area contributed by atoms with Gasteiger partial charge in [-0.15, -0.1) is 10.2 Å². The molecule has 1 heterocycles. The Labute approximate surface area is 76.5 Å². The maximum atomic E-state index is 8.98. The highest BCUT2D eigenvalue weighted by Gasteiger charge is 2.05. The summed E-state index contributed by atoms with van der Waals surface area (Å²) < 4.78 is 5.14. The molecular formula is C8H13N3O2. The van der Waals surface area contributed by atoms with Gasteiger partial charge in [-0.1, -0.05) is 0 Å². The van der Waals surface area contributed by atoms with E-state index in [-0.39, 0.29) is 0 Å². The van der Waals surface area contributed by atoms with Gasteiger partial charge in [0.2, 0.25) is 5.89 Å². The molecule has 0 bridgehead atoms. The first-order valence-corrected chi connectivity index (χ1v) is 4.09. The van der Waals surface area contributed by atoms with Gasteiger partial charge in [-0.3, -0.25) is 4.99 Å². The molecule has 0 aliphatic rings. The van der Waals surface area contributed by atoms with Crippen LogP contribution in [0.25, 0.3) is 0 Å². The summed E-state index contributed by atoms with van der Waals surface area (Å²) in [7, 11) is 0. The standard InChI is InChI=1S/C8H13N3O2/c1-5(12)4-9-6(2)8-11-10-7(3)13-8/h5,12H,4H2,1-3H3/t5-/m0/s1. The minimum Gasteiger partial charge on any atom is -0.420 e. The second-order valence-electron chi connectivity index (χ2n) is 2.90. The summed E-state index contributed by atoms with van der Waals surface area (Å²) in [5.41, 5.74) is 0.654. The molecule has 72 valence electrons. The zero-order valence-corrected chi connectivity index (χ0v) is 7.98. The summed E-state index contributed by atoms with van der Waals surface area (Å²) in [5.74, 6) is 0.930. The van der Waals surface area contributed by atoms with Crippen molar-refractivity contribution in [1.82, 2.24) is 10.2 Å². The van der Waals surface area contributed by atoms with Crippen LogP contribution >= 0.6 is 0 Å². The third-order valence-corrected chi connectivity index (χ3v) is 1.43. The number of aromatic nitrogens is 2. The van der Waals surface area contributed by atoms with Crippen molar-refractivity contribution < 1.29 is 9.52 Å². The molecule has 5 heteroatoms. The molecule has 0 saturated heterocycles. The summed E-state index contributed by atoms with van der Waals surface area (Å²) in [5, 5.41) is 16.4. The van der Waals surface area contributed by atoms with E-state index in [0.29, 0.717) is 24.0 Å². The number of hydrogen-bond acceptors (Lipinski definition) is 5. The van der Waals surface area contributed by atoms with Crippen LogP contribution in [0, 0.1) is 6.92 Å². The molecule has 0 radical (unpaired) electrons. The van der Waals surface area contributed by atoms with Gasteiger partial charge >= 0.3 is 0 Å². The number of aryl methyl sites for hydroxylation is 1. The fourth-order valence-corrected chi connectivity index (χ4v) is 0.779. The fourth-order valence-electron chi connectivity index (χ4n) is 0.779. The molecule has 1 aromatic rings. The van der Waals surface area contributed by atoms with Gasteiger partial charge in [0.1, 0.15) is 0 Å². The van der Waals surface area contributed by atoms with Crippen molar-refractivity contribution >= 4 is 5.71 Å². The Hall–Kier alpha value is -1.23. The molecule has 0 unspecified atom stereocenters. The first kappa shape index (κ1) is 9.85. The highest BCUT2D eigenvalue weighted by atomic mass is 16.4. The lowest BCUT2D eigenvalue weighted by atomic mass is 10.4. The Morgan fingerprint density at radius 1 is 1.62 bits per heavy atom. The lowest BCUT2D eigenvalue weighted by Gasteiger charge is -1.98. The predicted molar refractivity (Wildman–Crippen MR) is 47.8 cm³/mol. The van der Waals surface area contributed by atoms with Crippen LogP contribution in [-0.2, 0) is 0 Å². The number of aliphatic hydroxyl groups excluding tert-OH is 1. The number of aliphatic imine (C=N–C) groups is 1. The van der Waals surface area contributed by atoms with Gasteiger partial charge in [0.15, 0.2) is 0 Å². The molecule has 5 nitrogen and oxygen atoms in total. The average molecular weight is 183 g/mol. The molecule has 1 atom stereocenters. The van der Waals surface area contributed by atoms with Gasteiger partial charge in [-0.2, -0.15) is 0 Å². The Morgan fingerprint density at radius 3 is 2.77 bits per heavy atom. The minimum atomic E-state index is -0.445. The summed E-state index contributed by atoms with van der Waals surface area (Å²) in [6.45, 7) is 5.52. The van der Waals surface area contributed by atoms with Crippen molar-refractivity contribution in [1.29, 1.82) is 0 Å². The summed E-state index contributed by atoms with van der Waals surface area (Å²) in [6.07, 6.45) is -0.445. The van der Waals surface area contributed by atoms with Crippen molar-refractivity contribution in [2.75, 3.05) is 6.54 Å². The van der Waals surface area contributed by atoms with Crippen molar-refractivity contribution in [2.45, 2.75) is 26.9 Å². The minimum absolute atomic E-state index is 0.354. The summed E-state index contributed by atoms with van der Waals surface area (Å²) in [4.78, 5) is 4.08. The van der Waals surface area contributed by atoms with E-state index >= 15 is 0 Å². The van der Waals surface area contributed by atoms with Crippen molar-refractivity contribution in [3.8, 4) is 0 Å². The van der Waals surface area contributed by atoms with Crippen LogP contribution in [0.15, 0.2) is 9.41 Å². The van der Waals surface area contributed by atoms with E-state index < -0.39 is 6.10 Å². The van der Waals surface area contributed by atoms with Gasteiger partial charge in [0, 0.05) is 6.92 Å². The van der Waals surface area contributed by atoms with Crippen LogP contribution in [0.5, 0.6) is 0 Å². The van der Waals surface area contributed by atoms with E-state index in [0.717, 1.165) is 0 Å². The van der Waals surface area contributed by atoms with Crippen molar-refractivity contribution in [2.24, 2.45) is 4.99 Å². The normalized spacial score (nSPS) is 14.6. The molecule has 0 saturated carbocycles. The van der Waals surface area contributed by atoms with Crippen molar-refractivity contribution in [3.05, 3.63) is 11.8 Å². The largest absolute Gasteiger partial charge is 0.420 e. The van der Waals surface area contributed by atoms with Gasteiger partial charge in [0.25, 0.3) is 5.89 Å². The monoisotopic (exact) mass is 183 g/mol. The third-order valence-electron chi connectivity index (χ3n) is 1.43. The first-order valence-electron chi connectivity index (χ1n) is 4.09. The molecule has 0 aromatic carbocycles. The van der Waals surface area contributed by atoms with E-state index in [1.807, 2.05) is 0 Å². The fraction of sp³-hybridized carbons (Fsp3) is 0.625. The molecule has 0 fully saturated rings. The summed E-state index contributed by atoms with van der Waals surface area (Å²) >= 11 is 0. The topological polar surface area (TPSA) is 71.5 Å². The highest BCUT2D eigenvalue weighted by molar-refractivity contribution is 5.94. The zero-order chi connectivity index (χ0) is 9.84. The number of aliphatic hydroxyl groups is 1. The second-order valence-corrected chi connectivity index (χ2v) is 2.90. The van der Waals surface area contributed by atoms with Crippen LogP contribution in [0.2, 0.25) is 0 Å². The van der Waals surface area contributed by atoms with E-state index in [2.05, 4.69) is 15.2 Å². The molecule has 1 rings (SSSR count). The van der Waals surface area contributed by atoms with E-state index in [1.165, 1.54) is 0 Å². The van der Waals surface area contributed by atoms with Crippen LogP contribution in [-0.4, -0.2) is 33.7 Å². The first-order chi connectivity index (χ1) is 6.09. The maximum Gasteiger partial charge on any atom is 0.261 e. The van der Waals surface area contributed by atoms with Gasteiger partial charge in [-0.25, -0.2) is 0 Å². The maximum absolute atomic E-state index is 8.98. The van der Waals surface area contributed by atoms with Crippen LogP contribution in [0.1, 0.15) is 25.6 Å². The number of nitrogens with zero attached hydrogens (tertiary/aromatic N) is 3. The Balaban J connectivity index is 2.67. The molecule has 0 aliphatic heterocycles. The lowest BCUT2D eigenvalue weighted by molar-refractivity contribution is 0.204. The quantitative estimate of drug-likeness (QED) is 0.695. The average Bonchev–Trinajstić information content (AvgIpc) is 2.47. The Kier molecular flexibility index (Phi) is 3.13.